The summed E-state index contributed by atoms with van der Waals surface area (Å²) in [5.41, 5.74) is 3.09. The van der Waals surface area contributed by atoms with Gasteiger partial charge in [-0.15, -0.1) is 0 Å². The molecule has 0 saturated heterocycles. The first-order valence-electron chi connectivity index (χ1n) is 8.73. The molecule has 1 amide bonds. The summed E-state index contributed by atoms with van der Waals surface area (Å²) >= 11 is 0. The van der Waals surface area contributed by atoms with Crippen LogP contribution in [0.1, 0.15) is 23.1 Å². The number of nitrogens with one attached hydrogen (secondary N) is 1. The van der Waals surface area contributed by atoms with E-state index in [2.05, 4.69) is 5.32 Å². The Kier molecular flexibility index (Phi) is 7.10. The van der Waals surface area contributed by atoms with E-state index >= 15 is 0 Å². The van der Waals surface area contributed by atoms with E-state index in [1.165, 1.54) is 10.4 Å². The maximum absolute atomic E-state index is 13.7. The van der Waals surface area contributed by atoms with Crippen molar-refractivity contribution in [2.24, 2.45) is 0 Å². The van der Waals surface area contributed by atoms with Gasteiger partial charge >= 0.3 is 0 Å². The van der Waals surface area contributed by atoms with Gasteiger partial charge in [-0.1, -0.05) is 36.4 Å². The number of hydrogen-bond donors (Lipinski definition) is 1. The van der Waals surface area contributed by atoms with Gasteiger partial charge in [0.05, 0.1) is 6.26 Å². The van der Waals surface area contributed by atoms with Crippen molar-refractivity contribution in [2.75, 3.05) is 24.7 Å². The molecular formula is C20H25FN2O3S. The minimum absolute atomic E-state index is 0.0259. The average Bonchev–Trinajstić information content (AvgIpc) is 2.58. The fourth-order valence-electron chi connectivity index (χ4n) is 2.83. The number of para-hydroxylation sites is 1. The van der Waals surface area contributed by atoms with E-state index < -0.39 is 10.0 Å². The molecule has 5 nitrogen and oxygen atoms in total. The first-order valence-corrected chi connectivity index (χ1v) is 10.6. The highest BCUT2D eigenvalue weighted by Crippen LogP contribution is 2.19. The number of anilines is 1. The summed E-state index contributed by atoms with van der Waals surface area (Å²) in [5, 5.41) is 2.85. The second-order valence-electron chi connectivity index (χ2n) is 6.57. The lowest BCUT2D eigenvalue weighted by molar-refractivity contribution is -0.116. The standard InChI is InChI=1S/C20H25FN2O3S/c1-15-7-6-8-16(2)20(15)22-19(24)12-14-23(27(3,25)26)13-11-17-9-4-5-10-18(17)21/h4-10H,11-14H2,1-3H3,(H,22,24). The Hall–Kier alpha value is -2.25. The first-order chi connectivity index (χ1) is 12.7. The van der Waals surface area contributed by atoms with Crippen LogP contribution in [0, 0.1) is 19.7 Å². The fraction of sp³-hybridized carbons (Fsp3) is 0.350. The number of hydrogen-bond acceptors (Lipinski definition) is 3. The molecule has 1 N–H and O–H groups in total. The Bertz CT molecular complexity index is 893. The highest BCUT2D eigenvalue weighted by Gasteiger charge is 2.19. The maximum atomic E-state index is 13.7. The van der Waals surface area contributed by atoms with Gasteiger partial charge in [-0.3, -0.25) is 4.79 Å². The van der Waals surface area contributed by atoms with Crippen molar-refractivity contribution in [3.63, 3.8) is 0 Å². The second-order valence-corrected chi connectivity index (χ2v) is 8.55. The first kappa shape index (κ1) is 21.1. The van der Waals surface area contributed by atoms with E-state index in [1.807, 2.05) is 32.0 Å². The normalized spacial score (nSPS) is 11.6. The number of amides is 1. The van der Waals surface area contributed by atoms with Crippen LogP contribution in [0.5, 0.6) is 0 Å². The van der Waals surface area contributed by atoms with Crippen molar-refractivity contribution in [2.45, 2.75) is 26.7 Å². The third-order valence-corrected chi connectivity index (χ3v) is 5.69. The molecule has 0 heterocycles. The van der Waals surface area contributed by atoms with Crippen molar-refractivity contribution >= 4 is 21.6 Å². The predicted octanol–water partition coefficient (Wildman–Crippen LogP) is 3.28. The lowest BCUT2D eigenvalue weighted by Crippen LogP contribution is -2.34. The molecule has 2 rings (SSSR count). The summed E-state index contributed by atoms with van der Waals surface area (Å²) < 4.78 is 39.0. The Balaban J connectivity index is 1.98. The third-order valence-electron chi connectivity index (χ3n) is 4.39. The van der Waals surface area contributed by atoms with E-state index in [-0.39, 0.29) is 37.7 Å². The van der Waals surface area contributed by atoms with Crippen LogP contribution in [0.3, 0.4) is 0 Å². The summed E-state index contributed by atoms with van der Waals surface area (Å²) in [7, 11) is -3.50. The molecule has 2 aromatic carbocycles. The maximum Gasteiger partial charge on any atom is 0.225 e. The molecule has 0 aliphatic carbocycles. The van der Waals surface area contributed by atoms with Crippen molar-refractivity contribution < 1.29 is 17.6 Å². The van der Waals surface area contributed by atoms with E-state index in [0.717, 1.165) is 23.1 Å². The van der Waals surface area contributed by atoms with E-state index in [4.69, 9.17) is 0 Å². The Labute approximate surface area is 160 Å². The van der Waals surface area contributed by atoms with Gasteiger partial charge in [0.1, 0.15) is 5.82 Å². The van der Waals surface area contributed by atoms with E-state index in [0.29, 0.717) is 5.56 Å². The zero-order valence-corrected chi connectivity index (χ0v) is 16.6. The van der Waals surface area contributed by atoms with Crippen LogP contribution in [-0.2, 0) is 21.2 Å². The summed E-state index contributed by atoms with van der Waals surface area (Å²) in [5.74, 6) is -0.620. The van der Waals surface area contributed by atoms with Gasteiger partial charge in [-0.25, -0.2) is 17.1 Å². The number of rotatable bonds is 8. The molecule has 0 fully saturated rings. The van der Waals surface area contributed by atoms with Crippen LogP contribution < -0.4 is 5.32 Å². The number of carbonyl (C=O) groups is 1. The molecule has 2 aromatic rings. The van der Waals surface area contributed by atoms with Gasteiger partial charge in [0.15, 0.2) is 0 Å². The zero-order chi connectivity index (χ0) is 20.0. The summed E-state index contributed by atoms with van der Waals surface area (Å²) in [6.07, 6.45) is 1.37. The van der Waals surface area contributed by atoms with Gasteiger partial charge in [-0.05, 0) is 43.0 Å². The fourth-order valence-corrected chi connectivity index (χ4v) is 3.68. The van der Waals surface area contributed by atoms with Crippen LogP contribution in [0.4, 0.5) is 10.1 Å². The van der Waals surface area contributed by atoms with Gasteiger partial charge < -0.3 is 5.32 Å². The second kappa shape index (κ2) is 9.10. The quantitative estimate of drug-likeness (QED) is 0.750. The molecule has 0 unspecified atom stereocenters. The van der Waals surface area contributed by atoms with Gasteiger partial charge in [0, 0.05) is 25.2 Å². The molecule has 7 heteroatoms. The Morgan fingerprint density at radius 1 is 1.04 bits per heavy atom. The number of aryl methyl sites for hydroxylation is 2. The monoisotopic (exact) mass is 392 g/mol. The Morgan fingerprint density at radius 2 is 1.67 bits per heavy atom. The molecule has 146 valence electrons. The lowest BCUT2D eigenvalue weighted by Gasteiger charge is -2.20. The highest BCUT2D eigenvalue weighted by molar-refractivity contribution is 7.88. The molecule has 0 aliphatic rings. The van der Waals surface area contributed by atoms with Crippen molar-refractivity contribution in [1.82, 2.24) is 4.31 Å². The number of halogens is 1. The molecule has 27 heavy (non-hydrogen) atoms. The van der Waals surface area contributed by atoms with Gasteiger partial charge in [0.25, 0.3) is 0 Å². The molecule has 0 aromatic heterocycles. The highest BCUT2D eigenvalue weighted by atomic mass is 32.2. The molecule has 0 aliphatic heterocycles. The number of sulfonamides is 1. The van der Waals surface area contributed by atoms with Crippen LogP contribution in [0.2, 0.25) is 0 Å². The average molecular weight is 392 g/mol. The smallest absolute Gasteiger partial charge is 0.225 e. The molecule has 0 atom stereocenters. The van der Waals surface area contributed by atoms with E-state index in [1.54, 1.807) is 18.2 Å². The van der Waals surface area contributed by atoms with Gasteiger partial charge in [-0.2, -0.15) is 0 Å². The molecule has 0 spiro atoms. The molecular weight excluding hydrogens is 367 g/mol. The van der Waals surface area contributed by atoms with Crippen LogP contribution in [0.15, 0.2) is 42.5 Å². The van der Waals surface area contributed by atoms with E-state index in [9.17, 15) is 17.6 Å². The van der Waals surface area contributed by atoms with Crippen molar-refractivity contribution in [3.8, 4) is 0 Å². The van der Waals surface area contributed by atoms with Gasteiger partial charge in [0.2, 0.25) is 15.9 Å². The Morgan fingerprint density at radius 3 is 2.26 bits per heavy atom. The summed E-state index contributed by atoms with van der Waals surface area (Å²) in [6.45, 7) is 3.97. The molecule has 0 bridgehead atoms. The SMILES string of the molecule is Cc1cccc(C)c1NC(=O)CCN(CCc1ccccc1F)S(C)(=O)=O. The largest absolute Gasteiger partial charge is 0.326 e. The zero-order valence-electron chi connectivity index (χ0n) is 15.8. The van der Waals surface area contributed by atoms with Crippen molar-refractivity contribution in [1.29, 1.82) is 0 Å². The summed E-state index contributed by atoms with van der Waals surface area (Å²) in [4.78, 5) is 12.3. The summed E-state index contributed by atoms with van der Waals surface area (Å²) in [6, 6.07) is 12.0. The number of benzene rings is 2. The van der Waals surface area contributed by atoms with Crippen LogP contribution in [-0.4, -0.2) is 38.0 Å². The van der Waals surface area contributed by atoms with Crippen molar-refractivity contribution in [3.05, 3.63) is 65.0 Å². The number of nitrogens with zero attached hydrogens (tertiary/aromatic N) is 1. The topological polar surface area (TPSA) is 66.5 Å². The third kappa shape index (κ3) is 6.15. The molecule has 0 saturated carbocycles. The lowest BCUT2D eigenvalue weighted by atomic mass is 10.1. The number of carbonyl (C=O) groups excluding carboxylic acids is 1. The molecule has 0 radical (unpaired) electrons. The minimum atomic E-state index is -3.50. The van der Waals surface area contributed by atoms with Crippen LogP contribution in [0.25, 0.3) is 0 Å². The minimum Gasteiger partial charge on any atom is -0.326 e. The predicted molar refractivity (Wildman–Crippen MR) is 106 cm³/mol. The van der Waals surface area contributed by atoms with Crippen LogP contribution >= 0.6 is 0 Å².